The van der Waals surface area contributed by atoms with Crippen LogP contribution >= 0.6 is 0 Å². The number of primary amides is 1. The van der Waals surface area contributed by atoms with Crippen LogP contribution in [0.4, 0.5) is 5.69 Å². The Morgan fingerprint density at radius 3 is 2.81 bits per heavy atom. The highest BCUT2D eigenvalue weighted by Crippen LogP contribution is 2.24. The first kappa shape index (κ1) is 12.3. The molecule has 0 aromatic heterocycles. The van der Waals surface area contributed by atoms with Gasteiger partial charge in [0, 0.05) is 6.54 Å². The van der Waals surface area contributed by atoms with Crippen LogP contribution in [0.2, 0.25) is 0 Å². The van der Waals surface area contributed by atoms with Gasteiger partial charge < -0.3 is 21.5 Å². The van der Waals surface area contributed by atoms with Crippen LogP contribution in [0.25, 0.3) is 0 Å². The van der Waals surface area contributed by atoms with Gasteiger partial charge in [0.2, 0.25) is 5.91 Å². The lowest BCUT2D eigenvalue weighted by atomic mass is 10.2. The number of carbonyl (C=O) groups excluding carboxylic acids is 1. The van der Waals surface area contributed by atoms with E-state index in [9.17, 15) is 4.79 Å². The van der Waals surface area contributed by atoms with Gasteiger partial charge in [-0.15, -0.1) is 0 Å². The Bertz CT molecular complexity index is 379. The molecule has 5 N–H and O–H groups in total. The van der Waals surface area contributed by atoms with Gasteiger partial charge >= 0.3 is 0 Å². The fraction of sp³-hybridized carbons (Fsp3) is 0.364. The van der Waals surface area contributed by atoms with Crippen molar-refractivity contribution in [1.82, 2.24) is 0 Å². The quantitative estimate of drug-likeness (QED) is 0.666. The SMILES string of the molecule is COc1ccc(C)cc1NCC(N)C(N)=O. The smallest absolute Gasteiger partial charge is 0.236 e. The Balaban J connectivity index is 2.72. The molecule has 0 radical (unpaired) electrons. The number of hydrogen-bond donors (Lipinski definition) is 3. The molecule has 5 heteroatoms. The molecular formula is C11H17N3O2. The molecule has 1 aromatic carbocycles. The number of anilines is 1. The normalized spacial score (nSPS) is 11.9. The van der Waals surface area contributed by atoms with Crippen molar-refractivity contribution in [3.63, 3.8) is 0 Å². The predicted octanol–water partition coefficient (Wildman–Crippen LogP) is 0.228. The molecule has 0 fully saturated rings. The molecule has 1 rings (SSSR count). The van der Waals surface area contributed by atoms with Gasteiger partial charge in [-0.25, -0.2) is 0 Å². The van der Waals surface area contributed by atoms with Gasteiger partial charge in [-0.05, 0) is 24.6 Å². The van der Waals surface area contributed by atoms with Crippen LogP contribution in [-0.2, 0) is 4.79 Å². The molecule has 1 unspecified atom stereocenters. The summed E-state index contributed by atoms with van der Waals surface area (Å²) >= 11 is 0. The van der Waals surface area contributed by atoms with Gasteiger partial charge in [-0.2, -0.15) is 0 Å². The Hall–Kier alpha value is -1.75. The van der Waals surface area contributed by atoms with Crippen LogP contribution in [0.3, 0.4) is 0 Å². The van der Waals surface area contributed by atoms with Crippen LogP contribution in [0, 0.1) is 6.92 Å². The van der Waals surface area contributed by atoms with E-state index in [1.165, 1.54) is 0 Å². The molecule has 88 valence electrons. The molecular weight excluding hydrogens is 206 g/mol. The van der Waals surface area contributed by atoms with E-state index in [4.69, 9.17) is 16.2 Å². The maximum absolute atomic E-state index is 10.8. The van der Waals surface area contributed by atoms with Crippen molar-refractivity contribution in [1.29, 1.82) is 0 Å². The Kier molecular flexibility index (Phi) is 4.13. The van der Waals surface area contributed by atoms with Gasteiger partial charge in [-0.3, -0.25) is 4.79 Å². The molecule has 0 bridgehead atoms. The van der Waals surface area contributed by atoms with Crippen molar-refractivity contribution in [3.8, 4) is 5.75 Å². The molecule has 1 amide bonds. The summed E-state index contributed by atoms with van der Waals surface area (Å²) in [5.41, 5.74) is 12.5. The fourth-order valence-corrected chi connectivity index (χ4v) is 1.28. The lowest BCUT2D eigenvalue weighted by Gasteiger charge is -2.14. The second kappa shape index (κ2) is 5.37. The molecule has 0 aliphatic rings. The van der Waals surface area contributed by atoms with Crippen LogP contribution in [0.15, 0.2) is 18.2 Å². The maximum atomic E-state index is 10.8. The summed E-state index contributed by atoms with van der Waals surface area (Å²) in [4.78, 5) is 10.8. The number of amides is 1. The zero-order chi connectivity index (χ0) is 12.1. The summed E-state index contributed by atoms with van der Waals surface area (Å²) in [7, 11) is 1.59. The third-order valence-corrected chi connectivity index (χ3v) is 2.23. The molecule has 1 aromatic rings. The predicted molar refractivity (Wildman–Crippen MR) is 63.4 cm³/mol. The lowest BCUT2D eigenvalue weighted by Crippen LogP contribution is -2.41. The van der Waals surface area contributed by atoms with Crippen molar-refractivity contribution in [2.45, 2.75) is 13.0 Å². The zero-order valence-corrected chi connectivity index (χ0v) is 9.49. The number of nitrogens with two attached hydrogens (primary N) is 2. The first-order chi connectivity index (χ1) is 7.54. The standard InChI is InChI=1S/C11H17N3O2/c1-7-3-4-10(16-2)9(5-7)14-6-8(12)11(13)15/h3-5,8,14H,6,12H2,1-2H3,(H2,13,15). The van der Waals surface area contributed by atoms with E-state index in [0.717, 1.165) is 11.3 Å². The van der Waals surface area contributed by atoms with E-state index in [-0.39, 0.29) is 6.54 Å². The van der Waals surface area contributed by atoms with Crippen molar-refractivity contribution >= 4 is 11.6 Å². The van der Waals surface area contributed by atoms with E-state index in [0.29, 0.717) is 5.75 Å². The highest BCUT2D eigenvalue weighted by molar-refractivity contribution is 5.80. The van der Waals surface area contributed by atoms with E-state index in [2.05, 4.69) is 5.32 Å². The van der Waals surface area contributed by atoms with Gasteiger partial charge in [0.1, 0.15) is 11.8 Å². The van der Waals surface area contributed by atoms with Crippen LogP contribution in [0.5, 0.6) is 5.75 Å². The second-order valence-corrected chi connectivity index (χ2v) is 3.59. The lowest BCUT2D eigenvalue weighted by molar-refractivity contribution is -0.118. The van der Waals surface area contributed by atoms with Gasteiger partial charge in [0.05, 0.1) is 12.8 Å². The molecule has 0 aliphatic carbocycles. The average molecular weight is 223 g/mol. The van der Waals surface area contributed by atoms with E-state index < -0.39 is 11.9 Å². The van der Waals surface area contributed by atoms with E-state index in [1.807, 2.05) is 25.1 Å². The fourth-order valence-electron chi connectivity index (χ4n) is 1.28. The summed E-state index contributed by atoms with van der Waals surface area (Å²) in [5, 5.41) is 3.04. The molecule has 0 aliphatic heterocycles. The van der Waals surface area contributed by atoms with Gasteiger partial charge in [0.15, 0.2) is 0 Å². The first-order valence-corrected chi connectivity index (χ1v) is 4.98. The van der Waals surface area contributed by atoms with Gasteiger partial charge in [-0.1, -0.05) is 6.07 Å². The van der Waals surface area contributed by atoms with E-state index in [1.54, 1.807) is 7.11 Å². The molecule has 1 atom stereocenters. The summed E-state index contributed by atoms with van der Waals surface area (Å²) in [6, 6.07) is 5.02. The Labute approximate surface area is 94.8 Å². The highest BCUT2D eigenvalue weighted by Gasteiger charge is 2.10. The summed E-state index contributed by atoms with van der Waals surface area (Å²) in [5.74, 6) is 0.182. The molecule has 0 saturated heterocycles. The minimum Gasteiger partial charge on any atom is -0.495 e. The third-order valence-electron chi connectivity index (χ3n) is 2.23. The Morgan fingerprint density at radius 1 is 1.56 bits per heavy atom. The van der Waals surface area contributed by atoms with Crippen LogP contribution < -0.4 is 21.5 Å². The monoisotopic (exact) mass is 223 g/mol. The van der Waals surface area contributed by atoms with Crippen molar-refractivity contribution < 1.29 is 9.53 Å². The minimum atomic E-state index is -0.704. The Morgan fingerprint density at radius 2 is 2.25 bits per heavy atom. The molecule has 0 heterocycles. The van der Waals surface area contributed by atoms with Gasteiger partial charge in [0.25, 0.3) is 0 Å². The van der Waals surface area contributed by atoms with E-state index >= 15 is 0 Å². The van der Waals surface area contributed by atoms with Crippen molar-refractivity contribution in [2.24, 2.45) is 11.5 Å². The number of rotatable bonds is 5. The zero-order valence-electron chi connectivity index (χ0n) is 9.49. The largest absolute Gasteiger partial charge is 0.495 e. The molecule has 0 saturated carbocycles. The number of ether oxygens (including phenoxy) is 1. The van der Waals surface area contributed by atoms with Crippen LogP contribution in [-0.4, -0.2) is 25.6 Å². The number of aryl methyl sites for hydroxylation is 1. The number of carbonyl (C=O) groups is 1. The third kappa shape index (κ3) is 3.13. The first-order valence-electron chi connectivity index (χ1n) is 4.98. The molecule has 0 spiro atoms. The average Bonchev–Trinajstić information content (AvgIpc) is 2.25. The number of nitrogens with one attached hydrogen (secondary N) is 1. The van der Waals surface area contributed by atoms with Crippen molar-refractivity contribution in [2.75, 3.05) is 19.0 Å². The number of benzene rings is 1. The minimum absolute atomic E-state index is 0.287. The second-order valence-electron chi connectivity index (χ2n) is 3.59. The highest BCUT2D eigenvalue weighted by atomic mass is 16.5. The summed E-state index contributed by atoms with van der Waals surface area (Å²) in [6.45, 7) is 2.26. The number of methoxy groups -OCH3 is 1. The summed E-state index contributed by atoms with van der Waals surface area (Å²) in [6.07, 6.45) is 0. The maximum Gasteiger partial charge on any atom is 0.236 e. The molecule has 16 heavy (non-hydrogen) atoms. The molecule has 5 nitrogen and oxygen atoms in total. The summed E-state index contributed by atoms with van der Waals surface area (Å²) < 4.78 is 5.17. The van der Waals surface area contributed by atoms with Crippen molar-refractivity contribution in [3.05, 3.63) is 23.8 Å². The number of hydrogen-bond acceptors (Lipinski definition) is 4. The van der Waals surface area contributed by atoms with Crippen LogP contribution in [0.1, 0.15) is 5.56 Å². The topological polar surface area (TPSA) is 90.4 Å².